The summed E-state index contributed by atoms with van der Waals surface area (Å²) in [5.74, 6) is 1.60. The maximum absolute atomic E-state index is 4.99. The van der Waals surface area contributed by atoms with Crippen LogP contribution in [0.4, 0.5) is 5.95 Å². The predicted molar refractivity (Wildman–Crippen MR) is 68.5 cm³/mol. The van der Waals surface area contributed by atoms with E-state index in [-0.39, 0.29) is 0 Å². The van der Waals surface area contributed by atoms with Gasteiger partial charge in [0.05, 0.1) is 18.8 Å². The average Bonchev–Trinajstić information content (AvgIpc) is 2.77. The van der Waals surface area contributed by atoms with E-state index < -0.39 is 0 Å². The van der Waals surface area contributed by atoms with Crippen LogP contribution in [0.15, 0.2) is 24.7 Å². The normalized spacial score (nSPS) is 10.6. The van der Waals surface area contributed by atoms with Crippen molar-refractivity contribution in [3.8, 4) is 0 Å². The number of nitrogens with zero attached hydrogens (tertiary/aromatic N) is 4. The molecular formula is C12H17N5O. The fraction of sp³-hybridized carbons (Fsp3) is 0.417. The standard InChI is InChI=1S/C12H17N5O/c1-10-13-4-3-11(16-10)9-17-7-5-14-12(17)15-6-8-18-2/h3-5,7H,6,8-9H2,1-2H3,(H,14,15). The maximum Gasteiger partial charge on any atom is 0.203 e. The van der Waals surface area contributed by atoms with E-state index in [0.717, 1.165) is 24.0 Å². The van der Waals surface area contributed by atoms with Gasteiger partial charge in [-0.2, -0.15) is 0 Å². The summed E-state index contributed by atoms with van der Waals surface area (Å²) in [7, 11) is 1.68. The number of nitrogens with one attached hydrogen (secondary N) is 1. The first kappa shape index (κ1) is 12.5. The summed E-state index contributed by atoms with van der Waals surface area (Å²) in [5, 5.41) is 3.21. The Bertz CT molecular complexity index is 497. The van der Waals surface area contributed by atoms with Gasteiger partial charge in [-0.3, -0.25) is 0 Å². The van der Waals surface area contributed by atoms with Gasteiger partial charge in [-0.25, -0.2) is 15.0 Å². The minimum absolute atomic E-state index is 0.652. The first-order chi connectivity index (χ1) is 8.79. The third kappa shape index (κ3) is 3.27. The minimum Gasteiger partial charge on any atom is -0.383 e. The number of hydrogen-bond acceptors (Lipinski definition) is 5. The Morgan fingerprint density at radius 2 is 2.22 bits per heavy atom. The summed E-state index contributed by atoms with van der Waals surface area (Å²) >= 11 is 0. The topological polar surface area (TPSA) is 64.9 Å². The Kier molecular flexibility index (Phi) is 4.25. The molecule has 0 amide bonds. The van der Waals surface area contributed by atoms with Crippen molar-refractivity contribution in [1.82, 2.24) is 19.5 Å². The number of rotatable bonds is 6. The Labute approximate surface area is 106 Å². The van der Waals surface area contributed by atoms with E-state index in [0.29, 0.717) is 13.2 Å². The average molecular weight is 247 g/mol. The van der Waals surface area contributed by atoms with E-state index in [2.05, 4.69) is 20.3 Å². The van der Waals surface area contributed by atoms with Crippen LogP contribution < -0.4 is 5.32 Å². The van der Waals surface area contributed by atoms with E-state index in [9.17, 15) is 0 Å². The fourth-order valence-corrected chi connectivity index (χ4v) is 1.64. The lowest BCUT2D eigenvalue weighted by Gasteiger charge is -2.09. The highest BCUT2D eigenvalue weighted by Gasteiger charge is 2.03. The van der Waals surface area contributed by atoms with E-state index in [4.69, 9.17) is 4.74 Å². The molecule has 0 radical (unpaired) electrons. The molecule has 18 heavy (non-hydrogen) atoms. The number of aryl methyl sites for hydroxylation is 1. The molecule has 0 aliphatic heterocycles. The zero-order chi connectivity index (χ0) is 12.8. The number of methoxy groups -OCH3 is 1. The molecule has 0 saturated carbocycles. The highest BCUT2D eigenvalue weighted by Crippen LogP contribution is 2.07. The number of imidazole rings is 1. The van der Waals surface area contributed by atoms with Crippen molar-refractivity contribution in [1.29, 1.82) is 0 Å². The molecule has 2 rings (SSSR count). The van der Waals surface area contributed by atoms with Crippen LogP contribution in [0.2, 0.25) is 0 Å². The van der Waals surface area contributed by atoms with Crippen molar-refractivity contribution in [2.45, 2.75) is 13.5 Å². The number of anilines is 1. The summed E-state index contributed by atoms with van der Waals surface area (Å²) in [6.07, 6.45) is 5.46. The van der Waals surface area contributed by atoms with Crippen molar-refractivity contribution in [3.05, 3.63) is 36.2 Å². The second-order valence-corrected chi connectivity index (χ2v) is 3.89. The highest BCUT2D eigenvalue weighted by molar-refractivity contribution is 5.26. The molecule has 0 aliphatic carbocycles. The molecule has 0 spiro atoms. The molecule has 96 valence electrons. The molecular weight excluding hydrogens is 230 g/mol. The van der Waals surface area contributed by atoms with Crippen LogP contribution in [0.5, 0.6) is 0 Å². The predicted octanol–water partition coefficient (Wildman–Crippen LogP) is 1.09. The maximum atomic E-state index is 4.99. The van der Waals surface area contributed by atoms with Crippen molar-refractivity contribution >= 4 is 5.95 Å². The van der Waals surface area contributed by atoms with E-state index in [1.807, 2.05) is 23.8 Å². The SMILES string of the molecule is COCCNc1nccn1Cc1ccnc(C)n1. The van der Waals surface area contributed by atoms with Crippen molar-refractivity contribution in [2.75, 3.05) is 25.6 Å². The molecule has 0 aromatic carbocycles. The zero-order valence-corrected chi connectivity index (χ0v) is 10.6. The van der Waals surface area contributed by atoms with Gasteiger partial charge in [0.1, 0.15) is 5.82 Å². The Balaban J connectivity index is 2.03. The third-order valence-electron chi connectivity index (χ3n) is 2.47. The van der Waals surface area contributed by atoms with Crippen molar-refractivity contribution < 1.29 is 4.74 Å². The number of ether oxygens (including phenoxy) is 1. The highest BCUT2D eigenvalue weighted by atomic mass is 16.5. The molecule has 0 bridgehead atoms. The van der Waals surface area contributed by atoms with Gasteiger partial charge in [0.2, 0.25) is 5.95 Å². The first-order valence-electron chi connectivity index (χ1n) is 5.82. The second-order valence-electron chi connectivity index (χ2n) is 3.89. The Hall–Kier alpha value is -1.95. The molecule has 0 aliphatic rings. The lowest BCUT2D eigenvalue weighted by atomic mass is 10.4. The van der Waals surface area contributed by atoms with Crippen LogP contribution in [-0.4, -0.2) is 39.8 Å². The van der Waals surface area contributed by atoms with Crippen LogP contribution >= 0.6 is 0 Å². The van der Waals surface area contributed by atoms with Gasteiger partial charge >= 0.3 is 0 Å². The number of hydrogen-bond donors (Lipinski definition) is 1. The smallest absolute Gasteiger partial charge is 0.203 e. The molecule has 6 heteroatoms. The second kappa shape index (κ2) is 6.11. The van der Waals surface area contributed by atoms with Gasteiger partial charge < -0.3 is 14.6 Å². The molecule has 2 aromatic heterocycles. The van der Waals surface area contributed by atoms with Gasteiger partial charge in [-0.15, -0.1) is 0 Å². The quantitative estimate of drug-likeness (QED) is 0.774. The van der Waals surface area contributed by atoms with Crippen molar-refractivity contribution in [3.63, 3.8) is 0 Å². The molecule has 2 heterocycles. The Morgan fingerprint density at radius 1 is 1.33 bits per heavy atom. The van der Waals surface area contributed by atoms with Crippen LogP contribution in [0.3, 0.4) is 0 Å². The lowest BCUT2D eigenvalue weighted by molar-refractivity contribution is 0.210. The molecule has 6 nitrogen and oxygen atoms in total. The monoisotopic (exact) mass is 247 g/mol. The van der Waals surface area contributed by atoms with E-state index in [1.54, 1.807) is 19.5 Å². The minimum atomic E-state index is 0.652. The third-order valence-corrected chi connectivity index (χ3v) is 2.47. The molecule has 1 N–H and O–H groups in total. The number of aromatic nitrogens is 4. The van der Waals surface area contributed by atoms with Crippen molar-refractivity contribution in [2.24, 2.45) is 0 Å². The molecule has 0 saturated heterocycles. The van der Waals surface area contributed by atoms with Crippen LogP contribution in [0.25, 0.3) is 0 Å². The van der Waals surface area contributed by atoms with Crippen LogP contribution in [0, 0.1) is 6.92 Å². The van der Waals surface area contributed by atoms with Crippen LogP contribution in [-0.2, 0) is 11.3 Å². The lowest BCUT2D eigenvalue weighted by Crippen LogP contribution is -2.13. The van der Waals surface area contributed by atoms with Gasteiger partial charge in [0, 0.05) is 32.2 Å². The van der Waals surface area contributed by atoms with E-state index in [1.165, 1.54) is 0 Å². The van der Waals surface area contributed by atoms with Crippen LogP contribution in [0.1, 0.15) is 11.5 Å². The Morgan fingerprint density at radius 3 is 3.00 bits per heavy atom. The molecule has 2 aromatic rings. The largest absolute Gasteiger partial charge is 0.383 e. The fourth-order valence-electron chi connectivity index (χ4n) is 1.64. The van der Waals surface area contributed by atoms with Gasteiger partial charge in [0.25, 0.3) is 0 Å². The summed E-state index contributed by atoms with van der Waals surface area (Å²) < 4.78 is 7.01. The molecule has 0 fully saturated rings. The summed E-state index contributed by atoms with van der Waals surface area (Å²) in [4.78, 5) is 12.7. The summed E-state index contributed by atoms with van der Waals surface area (Å²) in [6, 6.07) is 1.91. The first-order valence-corrected chi connectivity index (χ1v) is 5.82. The van der Waals surface area contributed by atoms with Gasteiger partial charge in [0.15, 0.2) is 0 Å². The van der Waals surface area contributed by atoms with Gasteiger partial charge in [-0.1, -0.05) is 0 Å². The van der Waals surface area contributed by atoms with Gasteiger partial charge in [-0.05, 0) is 13.0 Å². The molecule has 0 unspecified atom stereocenters. The van der Waals surface area contributed by atoms with E-state index >= 15 is 0 Å². The summed E-state index contributed by atoms with van der Waals surface area (Å²) in [6.45, 7) is 3.95. The molecule has 0 atom stereocenters. The zero-order valence-electron chi connectivity index (χ0n) is 10.6. The summed E-state index contributed by atoms with van der Waals surface area (Å²) in [5.41, 5.74) is 0.968.